The van der Waals surface area contributed by atoms with Crippen LogP contribution in [0.5, 0.6) is 11.5 Å². The maximum Gasteiger partial charge on any atom is 0.287 e. The molecule has 36 heavy (non-hydrogen) atoms. The minimum Gasteiger partial charge on any atom is -0.493 e. The Labute approximate surface area is 211 Å². The van der Waals surface area contributed by atoms with Crippen LogP contribution in [0.1, 0.15) is 28.4 Å². The van der Waals surface area contributed by atoms with Crippen molar-refractivity contribution in [2.24, 2.45) is 5.10 Å². The van der Waals surface area contributed by atoms with Crippen LogP contribution in [-0.4, -0.2) is 45.8 Å². The van der Waals surface area contributed by atoms with E-state index in [2.05, 4.69) is 15.8 Å². The average molecular weight is 487 g/mol. The van der Waals surface area contributed by atoms with Crippen LogP contribution in [0.4, 0.5) is 5.69 Å². The Bertz CT molecular complexity index is 1240. The molecule has 186 valence electrons. The van der Waals surface area contributed by atoms with Gasteiger partial charge in [-0.2, -0.15) is 5.10 Å². The second-order valence-electron chi connectivity index (χ2n) is 7.91. The molecule has 3 aromatic carbocycles. The molecule has 0 saturated heterocycles. The summed E-state index contributed by atoms with van der Waals surface area (Å²) >= 11 is 0. The molecule has 0 spiro atoms. The number of carbonyl (C=O) groups excluding carboxylic acids is 2. The zero-order valence-corrected chi connectivity index (χ0v) is 20.8. The van der Waals surface area contributed by atoms with Gasteiger partial charge in [0.25, 0.3) is 11.8 Å². The molecule has 8 nitrogen and oxygen atoms in total. The summed E-state index contributed by atoms with van der Waals surface area (Å²) in [7, 11) is 5.45. The van der Waals surface area contributed by atoms with Gasteiger partial charge < -0.3 is 19.7 Å². The summed E-state index contributed by atoms with van der Waals surface area (Å²) in [5.41, 5.74) is 5.44. The summed E-state index contributed by atoms with van der Waals surface area (Å²) in [5.74, 6) is 0.214. The van der Waals surface area contributed by atoms with E-state index < -0.39 is 11.8 Å². The lowest BCUT2D eigenvalue weighted by molar-refractivity contribution is -0.117. The van der Waals surface area contributed by atoms with Gasteiger partial charge in [-0.1, -0.05) is 30.3 Å². The number of hydrogen-bond donors (Lipinski definition) is 2. The minimum atomic E-state index is -0.565. The van der Waals surface area contributed by atoms with Gasteiger partial charge in [0.2, 0.25) is 0 Å². The summed E-state index contributed by atoms with van der Waals surface area (Å²) in [6.07, 6.45) is 3.09. The van der Waals surface area contributed by atoms with Crippen LogP contribution in [0.3, 0.4) is 0 Å². The first-order chi connectivity index (χ1) is 17.4. The van der Waals surface area contributed by atoms with Gasteiger partial charge in [0.15, 0.2) is 11.5 Å². The van der Waals surface area contributed by atoms with Crippen LogP contribution in [0.25, 0.3) is 6.08 Å². The fourth-order valence-corrected chi connectivity index (χ4v) is 3.24. The Hall–Kier alpha value is -4.59. The van der Waals surface area contributed by atoms with Gasteiger partial charge in [0.05, 0.1) is 19.9 Å². The topological polar surface area (TPSA) is 92.3 Å². The van der Waals surface area contributed by atoms with E-state index >= 15 is 0 Å². The summed E-state index contributed by atoms with van der Waals surface area (Å²) in [5, 5.41) is 6.75. The first kappa shape index (κ1) is 26.0. The molecule has 2 amide bonds. The molecule has 0 unspecified atom stereocenters. The molecule has 0 aliphatic heterocycles. The molecule has 8 heteroatoms. The summed E-state index contributed by atoms with van der Waals surface area (Å²) < 4.78 is 10.9. The molecule has 0 aromatic heterocycles. The first-order valence-electron chi connectivity index (χ1n) is 11.4. The standard InChI is InChI=1S/C28H30N4O4/c1-5-36-25-16-13-21(18-26(25)35-4)19-29-31-28(34)24(30-27(33)22-9-7-6-8-10-22)17-20-11-14-23(15-12-20)32(2)3/h6-19H,5H2,1-4H3,(H,30,33)(H,31,34)/b24-17+,29-19+. The fourth-order valence-electron chi connectivity index (χ4n) is 3.24. The number of hydrogen-bond acceptors (Lipinski definition) is 6. The average Bonchev–Trinajstić information content (AvgIpc) is 2.89. The third-order valence-electron chi connectivity index (χ3n) is 5.12. The van der Waals surface area contributed by atoms with Gasteiger partial charge in [-0.15, -0.1) is 0 Å². The molecule has 0 aliphatic carbocycles. The smallest absolute Gasteiger partial charge is 0.287 e. The number of nitrogens with one attached hydrogen (secondary N) is 2. The van der Waals surface area contributed by atoms with Crippen molar-refractivity contribution in [2.45, 2.75) is 6.92 Å². The van der Waals surface area contributed by atoms with Crippen LogP contribution < -0.4 is 25.1 Å². The highest BCUT2D eigenvalue weighted by Gasteiger charge is 2.14. The number of hydrazone groups is 1. The Morgan fingerprint density at radius 3 is 2.28 bits per heavy atom. The molecule has 0 saturated carbocycles. The molecular weight excluding hydrogens is 456 g/mol. The van der Waals surface area contributed by atoms with E-state index in [1.165, 1.54) is 6.21 Å². The van der Waals surface area contributed by atoms with Crippen LogP contribution in [0.2, 0.25) is 0 Å². The van der Waals surface area contributed by atoms with Crippen molar-refractivity contribution >= 4 is 29.8 Å². The zero-order valence-electron chi connectivity index (χ0n) is 20.8. The lowest BCUT2D eigenvalue weighted by atomic mass is 10.1. The number of benzene rings is 3. The highest BCUT2D eigenvalue weighted by molar-refractivity contribution is 6.05. The van der Waals surface area contributed by atoms with Crippen molar-refractivity contribution in [3.05, 3.63) is 95.2 Å². The molecule has 3 aromatic rings. The maximum absolute atomic E-state index is 13.0. The van der Waals surface area contributed by atoms with Crippen molar-refractivity contribution in [1.29, 1.82) is 0 Å². The second-order valence-corrected chi connectivity index (χ2v) is 7.91. The summed E-state index contributed by atoms with van der Waals surface area (Å²) in [6, 6.07) is 21.6. The van der Waals surface area contributed by atoms with Crippen LogP contribution >= 0.6 is 0 Å². The third kappa shape index (κ3) is 7.20. The zero-order chi connectivity index (χ0) is 25.9. The van der Waals surface area contributed by atoms with E-state index in [0.717, 1.165) is 11.3 Å². The Balaban J connectivity index is 1.80. The molecule has 3 rings (SSSR count). The van der Waals surface area contributed by atoms with Crippen molar-refractivity contribution < 1.29 is 19.1 Å². The normalized spacial score (nSPS) is 11.2. The van der Waals surface area contributed by atoms with Crippen molar-refractivity contribution in [3.8, 4) is 11.5 Å². The molecule has 0 atom stereocenters. The predicted molar refractivity (Wildman–Crippen MR) is 143 cm³/mol. The van der Waals surface area contributed by atoms with E-state index in [-0.39, 0.29) is 5.70 Å². The third-order valence-corrected chi connectivity index (χ3v) is 5.12. The van der Waals surface area contributed by atoms with E-state index in [0.29, 0.717) is 29.2 Å². The number of carbonyl (C=O) groups is 2. The lowest BCUT2D eigenvalue weighted by Crippen LogP contribution is -2.32. The number of ether oxygens (including phenoxy) is 2. The molecule has 0 bridgehead atoms. The quantitative estimate of drug-likeness (QED) is 0.256. The van der Waals surface area contributed by atoms with E-state index in [4.69, 9.17) is 9.47 Å². The Kier molecular flexibility index (Phi) is 9.22. The monoisotopic (exact) mass is 486 g/mol. The summed E-state index contributed by atoms with van der Waals surface area (Å²) in [6.45, 7) is 2.41. The lowest BCUT2D eigenvalue weighted by Gasteiger charge is -2.13. The van der Waals surface area contributed by atoms with E-state index in [9.17, 15) is 9.59 Å². The maximum atomic E-state index is 13.0. The number of anilines is 1. The van der Waals surface area contributed by atoms with Gasteiger partial charge in [0.1, 0.15) is 5.70 Å². The van der Waals surface area contributed by atoms with Crippen molar-refractivity contribution in [2.75, 3.05) is 32.7 Å². The molecule has 0 heterocycles. The SMILES string of the molecule is CCOc1ccc(/C=N/NC(=O)/C(=C\c2ccc(N(C)C)cc2)NC(=O)c2ccccc2)cc1OC. The first-order valence-corrected chi connectivity index (χ1v) is 11.4. The largest absolute Gasteiger partial charge is 0.493 e. The molecule has 2 N–H and O–H groups in total. The molecular formula is C28H30N4O4. The molecule has 0 fully saturated rings. The molecule has 0 aliphatic rings. The van der Waals surface area contributed by atoms with Gasteiger partial charge in [-0.3, -0.25) is 9.59 Å². The van der Waals surface area contributed by atoms with E-state index in [1.807, 2.05) is 56.3 Å². The van der Waals surface area contributed by atoms with Crippen LogP contribution in [-0.2, 0) is 4.79 Å². The number of nitrogens with zero attached hydrogens (tertiary/aromatic N) is 2. The van der Waals surface area contributed by atoms with E-state index in [1.54, 1.807) is 55.7 Å². The van der Waals surface area contributed by atoms with Gasteiger partial charge in [-0.25, -0.2) is 5.43 Å². The summed E-state index contributed by atoms with van der Waals surface area (Å²) in [4.78, 5) is 27.7. The van der Waals surface area contributed by atoms with Gasteiger partial charge >= 0.3 is 0 Å². The highest BCUT2D eigenvalue weighted by Crippen LogP contribution is 2.27. The number of rotatable bonds is 10. The Morgan fingerprint density at radius 2 is 1.64 bits per heavy atom. The van der Waals surface area contributed by atoms with Crippen molar-refractivity contribution in [3.63, 3.8) is 0 Å². The predicted octanol–water partition coefficient (Wildman–Crippen LogP) is 4.08. The molecule has 0 radical (unpaired) electrons. The second kappa shape index (κ2) is 12.8. The number of amides is 2. The number of methoxy groups -OCH3 is 1. The Morgan fingerprint density at radius 1 is 0.944 bits per heavy atom. The van der Waals surface area contributed by atoms with Gasteiger partial charge in [-0.05, 0) is 66.6 Å². The van der Waals surface area contributed by atoms with Crippen molar-refractivity contribution in [1.82, 2.24) is 10.7 Å². The van der Waals surface area contributed by atoms with Gasteiger partial charge in [0, 0.05) is 25.3 Å². The highest BCUT2D eigenvalue weighted by atomic mass is 16.5. The minimum absolute atomic E-state index is 0.0582. The van der Waals surface area contributed by atoms with Crippen LogP contribution in [0.15, 0.2) is 83.6 Å². The fraction of sp³-hybridized carbons (Fsp3) is 0.179. The van der Waals surface area contributed by atoms with Crippen LogP contribution in [0, 0.1) is 0 Å².